The van der Waals surface area contributed by atoms with Crippen LogP contribution in [0.5, 0.6) is 0 Å². The molecule has 4 rings (SSSR count). The number of benzene rings is 2. The highest BCUT2D eigenvalue weighted by Crippen LogP contribution is 2.38. The highest BCUT2D eigenvalue weighted by molar-refractivity contribution is 5.86. The Morgan fingerprint density at radius 3 is 2.26 bits per heavy atom. The predicted molar refractivity (Wildman–Crippen MR) is 119 cm³/mol. The molecule has 1 aliphatic carbocycles. The molecule has 7 heteroatoms. The van der Waals surface area contributed by atoms with Gasteiger partial charge in [0.25, 0.3) is 0 Å². The summed E-state index contributed by atoms with van der Waals surface area (Å²) in [5.74, 6) is 0.808. The zero-order chi connectivity index (χ0) is 24.5. The molecule has 2 aliphatic rings. The summed E-state index contributed by atoms with van der Waals surface area (Å²) in [5, 5.41) is -0.603. The van der Waals surface area contributed by atoms with Gasteiger partial charge in [-0.1, -0.05) is 31.8 Å². The van der Waals surface area contributed by atoms with E-state index in [1.54, 1.807) is 0 Å². The van der Waals surface area contributed by atoms with Crippen LogP contribution in [0.3, 0.4) is 0 Å². The molecular weight excluding hydrogens is 454 g/mol. The fraction of sp³-hybridized carbons (Fsp3) is 0.556. The Balaban J connectivity index is 1.41. The lowest BCUT2D eigenvalue weighted by Crippen LogP contribution is -2.32. The molecular formula is C27H28F6O. The minimum absolute atomic E-state index is 0.0429. The van der Waals surface area contributed by atoms with E-state index in [1.807, 2.05) is 0 Å². The molecule has 2 unspecified atom stereocenters. The van der Waals surface area contributed by atoms with Crippen molar-refractivity contribution in [1.82, 2.24) is 0 Å². The monoisotopic (exact) mass is 482 g/mol. The van der Waals surface area contributed by atoms with Crippen molar-refractivity contribution in [1.29, 1.82) is 0 Å². The van der Waals surface area contributed by atoms with E-state index in [0.717, 1.165) is 49.3 Å². The van der Waals surface area contributed by atoms with E-state index in [2.05, 4.69) is 6.92 Å². The van der Waals surface area contributed by atoms with Crippen molar-refractivity contribution in [3.8, 4) is 11.8 Å². The number of halogens is 6. The van der Waals surface area contributed by atoms with Crippen LogP contribution < -0.4 is 0 Å². The molecule has 1 nitrogen and oxygen atoms in total. The average Bonchev–Trinajstić information content (AvgIpc) is 2.77. The zero-order valence-electron chi connectivity index (χ0n) is 19.1. The standard InChI is InChI=1S/C27H28F6O/c1-16-2-5-18(6-3-16)19-7-9-21(34-15-19)8-4-17-12-20-14-23(28)22(10-11-27(31,32)33)26(30)25(20)24(29)13-17/h12-14,16,18-19,21H,2-9,15H2,1H3. The second-order valence-corrected chi connectivity index (χ2v) is 9.82. The van der Waals surface area contributed by atoms with Crippen molar-refractivity contribution < 1.29 is 31.1 Å². The van der Waals surface area contributed by atoms with Gasteiger partial charge in [-0.25, -0.2) is 13.2 Å². The molecule has 34 heavy (non-hydrogen) atoms. The lowest BCUT2D eigenvalue weighted by Gasteiger charge is -2.37. The molecule has 0 bridgehead atoms. The third-order valence-electron chi connectivity index (χ3n) is 7.36. The van der Waals surface area contributed by atoms with Crippen LogP contribution in [-0.4, -0.2) is 18.9 Å². The maximum absolute atomic E-state index is 14.7. The maximum Gasteiger partial charge on any atom is 0.458 e. The Morgan fingerprint density at radius 2 is 1.62 bits per heavy atom. The van der Waals surface area contributed by atoms with Crippen LogP contribution in [0, 0.1) is 47.0 Å². The lowest BCUT2D eigenvalue weighted by molar-refractivity contribution is -0.0696. The molecule has 0 spiro atoms. The number of hydrogen-bond donors (Lipinski definition) is 0. The van der Waals surface area contributed by atoms with Crippen molar-refractivity contribution >= 4 is 10.8 Å². The van der Waals surface area contributed by atoms with Gasteiger partial charge in [0.1, 0.15) is 11.6 Å². The van der Waals surface area contributed by atoms with Crippen molar-refractivity contribution in [3.05, 3.63) is 46.8 Å². The first-order valence-corrected chi connectivity index (χ1v) is 11.9. The lowest BCUT2D eigenvalue weighted by atomic mass is 9.74. The minimum Gasteiger partial charge on any atom is -0.378 e. The van der Waals surface area contributed by atoms with E-state index in [4.69, 9.17) is 4.74 Å². The third kappa shape index (κ3) is 5.89. The van der Waals surface area contributed by atoms with E-state index in [1.165, 1.54) is 37.7 Å². The van der Waals surface area contributed by atoms with Crippen LogP contribution in [0.4, 0.5) is 26.3 Å². The molecule has 0 aromatic heterocycles. The molecule has 2 fully saturated rings. The molecule has 0 radical (unpaired) electrons. The van der Waals surface area contributed by atoms with E-state index in [-0.39, 0.29) is 11.5 Å². The second kappa shape index (κ2) is 10.2. The van der Waals surface area contributed by atoms with Crippen LogP contribution in [0.25, 0.3) is 10.8 Å². The summed E-state index contributed by atoms with van der Waals surface area (Å²) >= 11 is 0. The van der Waals surface area contributed by atoms with Gasteiger partial charge in [0, 0.05) is 5.92 Å². The molecule has 0 N–H and O–H groups in total. The predicted octanol–water partition coefficient (Wildman–Crippen LogP) is 7.73. The topological polar surface area (TPSA) is 9.23 Å². The molecule has 2 aromatic carbocycles. The number of ether oxygens (including phenoxy) is 1. The van der Waals surface area contributed by atoms with Crippen LogP contribution in [0.2, 0.25) is 0 Å². The summed E-state index contributed by atoms with van der Waals surface area (Å²) in [6, 6.07) is 3.46. The van der Waals surface area contributed by atoms with Crippen LogP contribution in [-0.2, 0) is 11.2 Å². The minimum atomic E-state index is -4.91. The summed E-state index contributed by atoms with van der Waals surface area (Å²) < 4.78 is 86.6. The smallest absolute Gasteiger partial charge is 0.378 e. The average molecular weight is 483 g/mol. The summed E-state index contributed by atoms with van der Waals surface area (Å²) in [7, 11) is 0. The van der Waals surface area contributed by atoms with Crippen LogP contribution in [0.1, 0.15) is 63.0 Å². The van der Waals surface area contributed by atoms with Crippen molar-refractivity contribution in [2.75, 3.05) is 6.61 Å². The summed E-state index contributed by atoms with van der Waals surface area (Å²) in [6.45, 7) is 3.05. The first-order chi connectivity index (χ1) is 16.1. The summed E-state index contributed by atoms with van der Waals surface area (Å²) in [4.78, 5) is 0. The second-order valence-electron chi connectivity index (χ2n) is 9.82. The summed E-state index contributed by atoms with van der Waals surface area (Å²) in [5.41, 5.74) is -0.529. The van der Waals surface area contributed by atoms with Crippen molar-refractivity contribution in [2.45, 2.75) is 70.6 Å². The van der Waals surface area contributed by atoms with Crippen molar-refractivity contribution in [3.63, 3.8) is 0 Å². The third-order valence-corrected chi connectivity index (χ3v) is 7.36. The molecule has 184 valence electrons. The molecule has 2 atom stereocenters. The number of aryl methyl sites for hydroxylation is 1. The Bertz CT molecular complexity index is 1080. The van der Waals surface area contributed by atoms with E-state index < -0.39 is 34.6 Å². The molecule has 1 heterocycles. The van der Waals surface area contributed by atoms with Gasteiger partial charge in [-0.2, -0.15) is 13.2 Å². The number of fused-ring (bicyclic) bond motifs is 1. The van der Waals surface area contributed by atoms with Gasteiger partial charge < -0.3 is 4.74 Å². The van der Waals surface area contributed by atoms with Crippen LogP contribution in [0.15, 0.2) is 18.2 Å². The number of alkyl halides is 3. The Kier molecular flexibility index (Phi) is 7.47. The summed E-state index contributed by atoms with van der Waals surface area (Å²) in [6.07, 6.45) is 3.47. The van der Waals surface area contributed by atoms with Crippen LogP contribution >= 0.6 is 0 Å². The van der Waals surface area contributed by atoms with Gasteiger partial charge in [-0.15, -0.1) is 0 Å². The molecule has 1 saturated heterocycles. The molecule has 1 aliphatic heterocycles. The highest BCUT2D eigenvalue weighted by Gasteiger charge is 2.30. The zero-order valence-corrected chi connectivity index (χ0v) is 19.1. The van der Waals surface area contributed by atoms with Gasteiger partial charge in [0.05, 0.1) is 23.7 Å². The Hall–Kier alpha value is -2.20. The van der Waals surface area contributed by atoms with E-state index >= 15 is 0 Å². The van der Waals surface area contributed by atoms with Crippen molar-refractivity contribution in [2.24, 2.45) is 17.8 Å². The number of rotatable bonds is 4. The Morgan fingerprint density at radius 1 is 0.912 bits per heavy atom. The maximum atomic E-state index is 14.7. The van der Waals surface area contributed by atoms with Gasteiger partial charge in [-0.3, -0.25) is 0 Å². The first-order valence-electron chi connectivity index (χ1n) is 11.9. The first kappa shape index (κ1) is 24.9. The largest absolute Gasteiger partial charge is 0.458 e. The fourth-order valence-corrected chi connectivity index (χ4v) is 5.37. The number of hydrogen-bond acceptors (Lipinski definition) is 1. The highest BCUT2D eigenvalue weighted by atomic mass is 19.4. The fourth-order valence-electron chi connectivity index (χ4n) is 5.37. The van der Waals surface area contributed by atoms with E-state index in [0.29, 0.717) is 24.3 Å². The quantitative estimate of drug-likeness (QED) is 0.320. The Labute approximate surface area is 195 Å². The molecule has 2 aromatic rings. The normalized spacial score (nSPS) is 25.7. The van der Waals surface area contributed by atoms with Gasteiger partial charge in [0.15, 0.2) is 5.82 Å². The van der Waals surface area contributed by atoms with Gasteiger partial charge in [-0.05, 0) is 79.4 Å². The molecule has 0 amide bonds. The SMILES string of the molecule is CC1CCC(C2CCC(CCc3cc(F)c4c(F)c(C#CC(F)(F)F)c(F)cc4c3)OC2)CC1. The van der Waals surface area contributed by atoms with Gasteiger partial charge in [0.2, 0.25) is 0 Å². The molecule has 1 saturated carbocycles. The van der Waals surface area contributed by atoms with E-state index in [9.17, 15) is 26.3 Å². The van der Waals surface area contributed by atoms with Gasteiger partial charge >= 0.3 is 6.18 Å².